The summed E-state index contributed by atoms with van der Waals surface area (Å²) in [5.41, 5.74) is 0.478. The van der Waals surface area contributed by atoms with Crippen molar-refractivity contribution in [1.82, 2.24) is 9.88 Å². The van der Waals surface area contributed by atoms with Crippen LogP contribution in [-0.2, 0) is 0 Å². The zero-order chi connectivity index (χ0) is 12.3. The second-order valence-electron chi connectivity index (χ2n) is 4.25. The van der Waals surface area contributed by atoms with Gasteiger partial charge in [-0.25, -0.2) is 4.98 Å². The first-order valence-corrected chi connectivity index (χ1v) is 7.17. The van der Waals surface area contributed by atoms with Crippen molar-refractivity contribution in [2.75, 3.05) is 18.4 Å². The Labute approximate surface area is 114 Å². The molecule has 3 nitrogen and oxygen atoms in total. The molecule has 0 aromatic carbocycles. The molecule has 0 N–H and O–H groups in total. The lowest BCUT2D eigenvalue weighted by molar-refractivity contribution is 0.0693. The van der Waals surface area contributed by atoms with Gasteiger partial charge < -0.3 is 4.90 Å². The highest BCUT2D eigenvalue weighted by Crippen LogP contribution is 2.20. The number of halogens is 2. The number of amides is 1. The van der Waals surface area contributed by atoms with Gasteiger partial charge in [-0.05, 0) is 30.9 Å². The third-order valence-corrected chi connectivity index (χ3v) is 4.21. The van der Waals surface area contributed by atoms with Crippen molar-refractivity contribution in [2.24, 2.45) is 5.92 Å². The minimum absolute atomic E-state index is 0.00897. The van der Waals surface area contributed by atoms with Crippen LogP contribution in [0.15, 0.2) is 18.3 Å². The van der Waals surface area contributed by atoms with Gasteiger partial charge in [0.2, 0.25) is 0 Å². The molecule has 1 aliphatic heterocycles. The van der Waals surface area contributed by atoms with Crippen LogP contribution in [0.25, 0.3) is 0 Å². The Morgan fingerprint density at radius 3 is 2.71 bits per heavy atom. The van der Waals surface area contributed by atoms with E-state index in [1.807, 2.05) is 4.90 Å². The van der Waals surface area contributed by atoms with Gasteiger partial charge in [-0.2, -0.15) is 0 Å². The number of aromatic nitrogens is 1. The van der Waals surface area contributed by atoms with Gasteiger partial charge in [-0.15, -0.1) is 0 Å². The lowest BCUT2D eigenvalue weighted by Gasteiger charge is -2.30. The van der Waals surface area contributed by atoms with Crippen molar-refractivity contribution in [3.8, 4) is 0 Å². The van der Waals surface area contributed by atoms with E-state index in [0.29, 0.717) is 16.6 Å². The molecule has 0 aliphatic carbocycles. The van der Waals surface area contributed by atoms with E-state index < -0.39 is 0 Å². The molecule has 1 aromatic rings. The largest absolute Gasteiger partial charge is 0.337 e. The highest BCUT2D eigenvalue weighted by molar-refractivity contribution is 9.09. The van der Waals surface area contributed by atoms with Crippen LogP contribution in [0.1, 0.15) is 23.3 Å². The summed E-state index contributed by atoms with van der Waals surface area (Å²) in [6.45, 7) is 1.64. The Bertz CT molecular complexity index is 388. The lowest BCUT2D eigenvalue weighted by atomic mass is 9.99. The molecule has 1 saturated heterocycles. The molecule has 0 atom stereocenters. The number of alkyl halides is 1. The molecule has 2 rings (SSSR count). The van der Waals surface area contributed by atoms with Gasteiger partial charge in [0.15, 0.2) is 0 Å². The van der Waals surface area contributed by atoms with E-state index in [-0.39, 0.29) is 5.91 Å². The minimum atomic E-state index is 0.00897. The molecular weight excluding hydrogens is 304 g/mol. The number of likely N-dealkylation sites (tertiary alicyclic amines) is 1. The van der Waals surface area contributed by atoms with E-state index in [9.17, 15) is 4.79 Å². The first kappa shape index (κ1) is 12.8. The van der Waals surface area contributed by atoms with E-state index in [1.165, 1.54) is 6.20 Å². The smallest absolute Gasteiger partial charge is 0.272 e. The fraction of sp³-hybridized carbons (Fsp3) is 0.500. The molecule has 1 fully saturated rings. The van der Waals surface area contributed by atoms with Crippen LogP contribution in [0, 0.1) is 5.92 Å². The molecule has 2 heterocycles. The predicted molar refractivity (Wildman–Crippen MR) is 71.7 cm³/mol. The van der Waals surface area contributed by atoms with Crippen LogP contribution in [0.5, 0.6) is 0 Å². The van der Waals surface area contributed by atoms with Crippen molar-refractivity contribution in [2.45, 2.75) is 12.8 Å². The highest BCUT2D eigenvalue weighted by Gasteiger charge is 2.23. The van der Waals surface area contributed by atoms with E-state index in [4.69, 9.17) is 11.6 Å². The van der Waals surface area contributed by atoms with Crippen molar-refractivity contribution in [3.63, 3.8) is 0 Å². The quantitative estimate of drug-likeness (QED) is 0.786. The third-order valence-electron chi connectivity index (χ3n) is 3.07. The number of pyridine rings is 1. The summed E-state index contributed by atoms with van der Waals surface area (Å²) in [5, 5.41) is 1.58. The Balaban J connectivity index is 1.99. The summed E-state index contributed by atoms with van der Waals surface area (Å²) in [6.07, 6.45) is 3.63. The first-order valence-electron chi connectivity index (χ1n) is 5.67. The summed E-state index contributed by atoms with van der Waals surface area (Å²) in [6, 6.07) is 3.38. The van der Waals surface area contributed by atoms with Crippen LogP contribution in [0.3, 0.4) is 0 Å². The zero-order valence-corrected chi connectivity index (χ0v) is 11.7. The van der Waals surface area contributed by atoms with Crippen LogP contribution in [0.4, 0.5) is 0 Å². The van der Waals surface area contributed by atoms with Crippen molar-refractivity contribution < 1.29 is 4.79 Å². The number of rotatable bonds is 2. The molecule has 92 valence electrons. The molecule has 5 heteroatoms. The molecule has 1 aromatic heterocycles. The standard InChI is InChI=1S/C12H14BrClN2O/c13-7-9-3-5-16(6-4-9)12(17)11-2-1-10(14)8-15-11/h1-2,8-9H,3-7H2. The molecule has 1 aliphatic rings. The number of nitrogens with zero attached hydrogens (tertiary/aromatic N) is 2. The Hall–Kier alpha value is -0.610. The first-order chi connectivity index (χ1) is 8.20. The molecular formula is C12H14BrClN2O. The topological polar surface area (TPSA) is 33.2 Å². The maximum Gasteiger partial charge on any atom is 0.272 e. The Morgan fingerprint density at radius 2 is 2.18 bits per heavy atom. The molecule has 17 heavy (non-hydrogen) atoms. The van der Waals surface area contributed by atoms with Gasteiger partial charge in [0, 0.05) is 24.6 Å². The van der Waals surface area contributed by atoms with Crippen molar-refractivity contribution in [3.05, 3.63) is 29.0 Å². The molecule has 0 spiro atoms. The van der Waals surface area contributed by atoms with E-state index in [1.54, 1.807) is 12.1 Å². The summed E-state index contributed by atoms with van der Waals surface area (Å²) >= 11 is 9.24. The number of carbonyl (C=O) groups excluding carboxylic acids is 1. The lowest BCUT2D eigenvalue weighted by Crippen LogP contribution is -2.39. The van der Waals surface area contributed by atoms with Gasteiger partial charge in [0.05, 0.1) is 5.02 Å². The molecule has 0 unspecified atom stereocenters. The van der Waals surface area contributed by atoms with Gasteiger partial charge in [0.1, 0.15) is 5.69 Å². The van der Waals surface area contributed by atoms with Gasteiger partial charge in [0.25, 0.3) is 5.91 Å². The van der Waals surface area contributed by atoms with Crippen LogP contribution in [0.2, 0.25) is 5.02 Å². The van der Waals surface area contributed by atoms with Crippen LogP contribution >= 0.6 is 27.5 Å². The number of hydrogen-bond acceptors (Lipinski definition) is 2. The molecule has 0 radical (unpaired) electrons. The van der Waals surface area contributed by atoms with Crippen LogP contribution in [-0.4, -0.2) is 34.2 Å². The van der Waals surface area contributed by atoms with Gasteiger partial charge in [-0.3, -0.25) is 4.79 Å². The predicted octanol–water partition coefficient (Wildman–Crippen LogP) is 2.98. The maximum atomic E-state index is 12.1. The number of piperidine rings is 1. The Kier molecular flexibility index (Phi) is 4.40. The average Bonchev–Trinajstić information content (AvgIpc) is 2.39. The highest BCUT2D eigenvalue weighted by atomic mass is 79.9. The monoisotopic (exact) mass is 316 g/mol. The fourth-order valence-corrected chi connectivity index (χ4v) is 2.71. The normalized spacial score (nSPS) is 17.2. The summed E-state index contributed by atoms with van der Waals surface area (Å²) < 4.78 is 0. The average molecular weight is 318 g/mol. The number of carbonyl (C=O) groups is 1. The summed E-state index contributed by atoms with van der Waals surface area (Å²) in [5.74, 6) is 0.701. The third kappa shape index (κ3) is 3.19. The number of hydrogen-bond donors (Lipinski definition) is 0. The molecule has 1 amide bonds. The van der Waals surface area contributed by atoms with Crippen molar-refractivity contribution in [1.29, 1.82) is 0 Å². The molecule has 0 bridgehead atoms. The van der Waals surface area contributed by atoms with Gasteiger partial charge in [-0.1, -0.05) is 27.5 Å². The fourth-order valence-electron chi connectivity index (χ4n) is 1.95. The Morgan fingerprint density at radius 1 is 1.47 bits per heavy atom. The molecule has 0 saturated carbocycles. The minimum Gasteiger partial charge on any atom is -0.337 e. The summed E-state index contributed by atoms with van der Waals surface area (Å²) in [7, 11) is 0. The van der Waals surface area contributed by atoms with Crippen LogP contribution < -0.4 is 0 Å². The summed E-state index contributed by atoms with van der Waals surface area (Å²) in [4.78, 5) is 18.0. The van der Waals surface area contributed by atoms with Gasteiger partial charge >= 0.3 is 0 Å². The van der Waals surface area contributed by atoms with E-state index >= 15 is 0 Å². The van der Waals surface area contributed by atoms with E-state index in [2.05, 4.69) is 20.9 Å². The zero-order valence-electron chi connectivity index (χ0n) is 9.40. The van der Waals surface area contributed by atoms with E-state index in [0.717, 1.165) is 31.3 Å². The maximum absolute atomic E-state index is 12.1. The second kappa shape index (κ2) is 5.83. The second-order valence-corrected chi connectivity index (χ2v) is 5.34. The van der Waals surface area contributed by atoms with Crippen molar-refractivity contribution >= 4 is 33.4 Å². The SMILES string of the molecule is O=C(c1ccc(Cl)cn1)N1CCC(CBr)CC1.